The number of anilines is 1. The molecule has 9 nitrogen and oxygen atoms in total. The van der Waals surface area contributed by atoms with E-state index >= 15 is 0 Å². The maximum atomic E-state index is 11.8. The quantitative estimate of drug-likeness (QED) is 0.462. The second-order valence-corrected chi connectivity index (χ2v) is 5.24. The third-order valence-corrected chi connectivity index (χ3v) is 3.35. The van der Waals surface area contributed by atoms with Crippen molar-refractivity contribution in [1.29, 1.82) is 0 Å². The first-order valence-electron chi connectivity index (χ1n) is 7.87. The number of amides is 4. The van der Waals surface area contributed by atoms with Gasteiger partial charge in [-0.1, -0.05) is 18.2 Å². The summed E-state index contributed by atoms with van der Waals surface area (Å²) in [5.74, 6) is -1.47. The Labute approximate surface area is 155 Å². The molecule has 0 aromatic heterocycles. The normalized spacial score (nSPS) is 9.67. The molecule has 0 aliphatic rings. The van der Waals surface area contributed by atoms with Crippen molar-refractivity contribution in [3.8, 4) is 0 Å². The summed E-state index contributed by atoms with van der Waals surface area (Å²) in [5, 5.41) is 4.90. The highest BCUT2D eigenvalue weighted by atomic mass is 16.5. The van der Waals surface area contributed by atoms with Crippen molar-refractivity contribution in [2.45, 2.75) is 0 Å². The number of ether oxygens (including phenoxy) is 1. The lowest BCUT2D eigenvalue weighted by Crippen LogP contribution is -2.43. The molecule has 0 saturated carbocycles. The van der Waals surface area contributed by atoms with Crippen molar-refractivity contribution in [1.82, 2.24) is 16.2 Å². The standard InChI is InChI=1S/C18H18N4O5/c1-27-15(23)11-19-16(24)13-7-9-14(10-8-13)20-18(26)22-21-17(25)12-5-3-2-4-6-12/h2-10H,11H2,1H3,(H,19,24)(H,21,25)(H2,20,22,26). The molecule has 0 heterocycles. The SMILES string of the molecule is COC(=O)CNC(=O)c1ccc(NC(=O)NNC(=O)c2ccccc2)cc1. The number of hydrogen-bond donors (Lipinski definition) is 4. The molecule has 0 spiro atoms. The number of rotatable bonds is 5. The van der Waals surface area contributed by atoms with Crippen LogP contribution < -0.4 is 21.5 Å². The fraction of sp³-hybridized carbons (Fsp3) is 0.111. The largest absolute Gasteiger partial charge is 0.468 e. The molecule has 0 unspecified atom stereocenters. The fourth-order valence-corrected chi connectivity index (χ4v) is 1.97. The van der Waals surface area contributed by atoms with E-state index in [2.05, 4.69) is 26.2 Å². The minimum atomic E-state index is -0.651. The summed E-state index contributed by atoms with van der Waals surface area (Å²) in [6.45, 7) is -0.237. The van der Waals surface area contributed by atoms with E-state index in [4.69, 9.17) is 0 Å². The van der Waals surface area contributed by atoms with E-state index in [9.17, 15) is 19.2 Å². The van der Waals surface area contributed by atoms with E-state index in [0.717, 1.165) is 0 Å². The van der Waals surface area contributed by atoms with Gasteiger partial charge in [-0.15, -0.1) is 0 Å². The fourth-order valence-electron chi connectivity index (χ4n) is 1.97. The maximum absolute atomic E-state index is 11.8. The molecular formula is C18H18N4O5. The molecule has 0 atom stereocenters. The van der Waals surface area contributed by atoms with E-state index in [0.29, 0.717) is 16.8 Å². The monoisotopic (exact) mass is 370 g/mol. The lowest BCUT2D eigenvalue weighted by molar-refractivity contribution is -0.139. The van der Waals surface area contributed by atoms with Gasteiger partial charge < -0.3 is 15.4 Å². The number of carbonyl (C=O) groups excluding carboxylic acids is 4. The highest BCUT2D eigenvalue weighted by Crippen LogP contribution is 2.09. The van der Waals surface area contributed by atoms with Crippen molar-refractivity contribution < 1.29 is 23.9 Å². The number of nitrogens with one attached hydrogen (secondary N) is 4. The van der Waals surface area contributed by atoms with Crippen LogP contribution in [0.5, 0.6) is 0 Å². The Morgan fingerprint density at radius 3 is 2.07 bits per heavy atom. The summed E-state index contributed by atoms with van der Waals surface area (Å²) in [5.41, 5.74) is 5.62. The maximum Gasteiger partial charge on any atom is 0.337 e. The second-order valence-electron chi connectivity index (χ2n) is 5.24. The first kappa shape index (κ1) is 19.4. The molecule has 140 valence electrons. The van der Waals surface area contributed by atoms with Gasteiger partial charge in [0.1, 0.15) is 6.54 Å². The Morgan fingerprint density at radius 1 is 0.815 bits per heavy atom. The average molecular weight is 370 g/mol. The zero-order valence-electron chi connectivity index (χ0n) is 14.4. The third-order valence-electron chi connectivity index (χ3n) is 3.35. The van der Waals surface area contributed by atoms with E-state index < -0.39 is 23.8 Å². The molecule has 0 aliphatic heterocycles. The van der Waals surface area contributed by atoms with Crippen LogP contribution in [0.1, 0.15) is 20.7 Å². The minimum absolute atomic E-state index is 0.237. The van der Waals surface area contributed by atoms with E-state index in [1.54, 1.807) is 30.3 Å². The molecule has 0 saturated heterocycles. The molecule has 4 amide bonds. The Balaban J connectivity index is 1.81. The molecule has 9 heteroatoms. The lowest BCUT2D eigenvalue weighted by Gasteiger charge is -2.09. The summed E-state index contributed by atoms with van der Waals surface area (Å²) in [6, 6.07) is 13.7. The van der Waals surface area contributed by atoms with Gasteiger partial charge in [-0.25, -0.2) is 10.2 Å². The molecule has 27 heavy (non-hydrogen) atoms. The first-order valence-corrected chi connectivity index (χ1v) is 7.87. The molecule has 4 N–H and O–H groups in total. The van der Waals surface area contributed by atoms with Crippen LogP contribution in [0.25, 0.3) is 0 Å². The molecular weight excluding hydrogens is 352 g/mol. The highest BCUT2D eigenvalue weighted by Gasteiger charge is 2.09. The number of methoxy groups -OCH3 is 1. The summed E-state index contributed by atoms with van der Waals surface area (Å²) in [4.78, 5) is 46.5. The Morgan fingerprint density at radius 2 is 1.44 bits per heavy atom. The molecule has 2 rings (SSSR count). The predicted molar refractivity (Wildman–Crippen MR) is 96.9 cm³/mol. The predicted octanol–water partition coefficient (Wildman–Crippen LogP) is 1.06. The van der Waals surface area contributed by atoms with Crippen LogP contribution in [-0.2, 0) is 9.53 Å². The zero-order valence-corrected chi connectivity index (χ0v) is 14.4. The summed E-state index contributed by atoms with van der Waals surface area (Å²) in [6.07, 6.45) is 0. The molecule has 0 aliphatic carbocycles. The Kier molecular flexibility index (Phi) is 6.89. The van der Waals surface area contributed by atoms with Crippen LogP contribution in [0.2, 0.25) is 0 Å². The molecule has 0 fully saturated rings. The Bertz CT molecular complexity index is 821. The van der Waals surface area contributed by atoms with Crippen LogP contribution in [0.3, 0.4) is 0 Å². The van der Waals surface area contributed by atoms with Crippen LogP contribution in [-0.4, -0.2) is 37.5 Å². The van der Waals surface area contributed by atoms with Gasteiger partial charge in [-0.3, -0.25) is 19.8 Å². The van der Waals surface area contributed by atoms with Gasteiger partial charge >= 0.3 is 12.0 Å². The van der Waals surface area contributed by atoms with Crippen LogP contribution in [0.15, 0.2) is 54.6 Å². The number of esters is 1. The van der Waals surface area contributed by atoms with E-state index in [-0.39, 0.29) is 6.54 Å². The van der Waals surface area contributed by atoms with Gasteiger partial charge in [0.25, 0.3) is 11.8 Å². The van der Waals surface area contributed by atoms with Gasteiger partial charge in [0.15, 0.2) is 0 Å². The zero-order chi connectivity index (χ0) is 19.6. The topological polar surface area (TPSA) is 126 Å². The molecule has 0 radical (unpaired) electrons. The second kappa shape index (κ2) is 9.56. The summed E-state index contributed by atoms with van der Waals surface area (Å²) < 4.78 is 4.43. The van der Waals surface area contributed by atoms with Crippen molar-refractivity contribution in [2.24, 2.45) is 0 Å². The van der Waals surface area contributed by atoms with E-state index in [1.807, 2.05) is 0 Å². The van der Waals surface area contributed by atoms with Crippen molar-refractivity contribution in [3.63, 3.8) is 0 Å². The molecule has 2 aromatic rings. The lowest BCUT2D eigenvalue weighted by atomic mass is 10.2. The highest BCUT2D eigenvalue weighted by molar-refractivity contribution is 5.98. The van der Waals surface area contributed by atoms with E-state index in [1.165, 1.54) is 31.4 Å². The number of carbonyl (C=O) groups is 4. The minimum Gasteiger partial charge on any atom is -0.468 e. The van der Waals surface area contributed by atoms with Crippen molar-refractivity contribution in [2.75, 3.05) is 19.0 Å². The van der Waals surface area contributed by atoms with Gasteiger partial charge in [0.05, 0.1) is 7.11 Å². The van der Waals surface area contributed by atoms with Crippen LogP contribution >= 0.6 is 0 Å². The number of urea groups is 1. The van der Waals surface area contributed by atoms with Gasteiger partial charge in [-0.05, 0) is 36.4 Å². The van der Waals surface area contributed by atoms with Crippen molar-refractivity contribution in [3.05, 3.63) is 65.7 Å². The average Bonchev–Trinajstić information content (AvgIpc) is 2.71. The molecule has 0 bridgehead atoms. The Hall–Kier alpha value is -3.88. The summed E-state index contributed by atoms with van der Waals surface area (Å²) in [7, 11) is 1.22. The van der Waals surface area contributed by atoms with Gasteiger partial charge in [0.2, 0.25) is 0 Å². The number of hydrazine groups is 1. The number of hydrogen-bond acceptors (Lipinski definition) is 5. The van der Waals surface area contributed by atoms with Gasteiger partial charge in [-0.2, -0.15) is 0 Å². The van der Waals surface area contributed by atoms with Crippen molar-refractivity contribution >= 4 is 29.5 Å². The van der Waals surface area contributed by atoms with Crippen LogP contribution in [0.4, 0.5) is 10.5 Å². The molecule has 2 aromatic carbocycles. The van der Waals surface area contributed by atoms with Gasteiger partial charge in [0, 0.05) is 16.8 Å². The summed E-state index contributed by atoms with van der Waals surface area (Å²) >= 11 is 0. The van der Waals surface area contributed by atoms with Crippen LogP contribution in [0, 0.1) is 0 Å². The first-order chi connectivity index (χ1) is 13.0. The number of benzene rings is 2. The smallest absolute Gasteiger partial charge is 0.337 e. The third kappa shape index (κ3) is 6.16.